The van der Waals surface area contributed by atoms with Crippen LogP contribution in [-0.2, 0) is 17.9 Å². The summed E-state index contributed by atoms with van der Waals surface area (Å²) in [5, 5.41) is 1.83. The van der Waals surface area contributed by atoms with E-state index < -0.39 is 0 Å². The van der Waals surface area contributed by atoms with E-state index in [4.69, 9.17) is 4.74 Å². The Kier molecular flexibility index (Phi) is 7.12. The molecule has 0 atom stereocenters. The van der Waals surface area contributed by atoms with Crippen molar-refractivity contribution in [3.05, 3.63) is 112 Å². The summed E-state index contributed by atoms with van der Waals surface area (Å²) in [6, 6.07) is 19.0. The van der Waals surface area contributed by atoms with Crippen molar-refractivity contribution in [3.63, 3.8) is 0 Å². The number of H-pyrrole nitrogens is 1. The van der Waals surface area contributed by atoms with Gasteiger partial charge in [-0.05, 0) is 40.8 Å². The maximum absolute atomic E-state index is 13.1. The summed E-state index contributed by atoms with van der Waals surface area (Å²) >= 11 is 1.35. The number of carbonyl (C=O) groups is 1. The molecule has 0 spiro atoms. The maximum Gasteiger partial charge on any atom is 0.268 e. The molecule has 0 bridgehead atoms. The van der Waals surface area contributed by atoms with Gasteiger partial charge >= 0.3 is 0 Å². The minimum atomic E-state index is -0.189. The number of hydrogen-bond acceptors (Lipinski definition) is 5. The molecule has 1 amide bonds. The van der Waals surface area contributed by atoms with Gasteiger partial charge in [-0.25, -0.2) is 4.98 Å². The highest BCUT2D eigenvalue weighted by atomic mass is 32.1. The molecule has 33 heavy (non-hydrogen) atoms. The van der Waals surface area contributed by atoms with E-state index in [1.165, 1.54) is 17.4 Å². The zero-order valence-corrected chi connectivity index (χ0v) is 18.8. The number of carbonyl (C=O) groups excluding carboxylic acids is 1. The normalized spacial score (nSPS) is 11.0. The predicted octanol–water partition coefficient (Wildman–Crippen LogP) is 4.79. The van der Waals surface area contributed by atoms with Crippen LogP contribution in [0.4, 0.5) is 0 Å². The van der Waals surface area contributed by atoms with Crippen molar-refractivity contribution < 1.29 is 9.53 Å². The van der Waals surface area contributed by atoms with Crippen molar-refractivity contribution in [1.29, 1.82) is 0 Å². The molecule has 0 saturated heterocycles. The summed E-state index contributed by atoms with van der Waals surface area (Å²) in [6.07, 6.45) is 4.98. The molecule has 7 heteroatoms. The summed E-state index contributed by atoms with van der Waals surface area (Å²) in [5.41, 5.74) is 2.31. The zero-order valence-electron chi connectivity index (χ0n) is 17.9. The quantitative estimate of drug-likeness (QED) is 0.290. The fraction of sp³-hybridized carbons (Fsp3) is 0.115. The van der Waals surface area contributed by atoms with Crippen LogP contribution >= 0.6 is 11.3 Å². The molecule has 0 radical (unpaired) electrons. The molecular formula is C26H23N3O3S. The van der Waals surface area contributed by atoms with Crippen LogP contribution < -0.4 is 10.3 Å². The molecule has 0 fully saturated rings. The molecular weight excluding hydrogens is 434 g/mol. The molecule has 1 N–H and O–H groups in total. The predicted molar refractivity (Wildman–Crippen MR) is 132 cm³/mol. The van der Waals surface area contributed by atoms with Gasteiger partial charge in [-0.3, -0.25) is 9.59 Å². The van der Waals surface area contributed by atoms with E-state index in [1.54, 1.807) is 17.1 Å². The summed E-state index contributed by atoms with van der Waals surface area (Å²) in [7, 11) is 0. The zero-order chi connectivity index (χ0) is 23.0. The highest BCUT2D eigenvalue weighted by molar-refractivity contribution is 7.17. The molecule has 0 aliphatic rings. The van der Waals surface area contributed by atoms with Gasteiger partial charge in [0.1, 0.15) is 22.9 Å². The van der Waals surface area contributed by atoms with Gasteiger partial charge in [-0.15, -0.1) is 11.3 Å². The van der Waals surface area contributed by atoms with E-state index in [0.717, 1.165) is 16.9 Å². The third-order valence-corrected chi connectivity index (χ3v) is 5.80. The highest BCUT2D eigenvalue weighted by Gasteiger charge is 2.15. The summed E-state index contributed by atoms with van der Waals surface area (Å²) in [4.78, 5) is 34.5. The first-order valence-corrected chi connectivity index (χ1v) is 11.3. The lowest BCUT2D eigenvalue weighted by Crippen LogP contribution is -2.30. The number of ether oxygens (including phenoxy) is 1. The summed E-state index contributed by atoms with van der Waals surface area (Å²) in [5.74, 6) is 1.01. The molecule has 2 aromatic heterocycles. The number of nitrogens with zero attached hydrogens (tertiary/aromatic N) is 2. The van der Waals surface area contributed by atoms with E-state index in [-0.39, 0.29) is 18.0 Å². The Morgan fingerprint density at radius 1 is 1.09 bits per heavy atom. The highest BCUT2D eigenvalue weighted by Crippen LogP contribution is 2.16. The van der Waals surface area contributed by atoms with Crippen molar-refractivity contribution in [1.82, 2.24) is 14.9 Å². The molecule has 0 unspecified atom stereocenters. The van der Waals surface area contributed by atoms with Crippen molar-refractivity contribution in [2.24, 2.45) is 0 Å². The van der Waals surface area contributed by atoms with E-state index in [1.807, 2.05) is 66.0 Å². The lowest BCUT2D eigenvalue weighted by atomic mass is 10.2. The molecule has 4 rings (SSSR count). The lowest BCUT2D eigenvalue weighted by Gasteiger charge is -2.21. The molecule has 166 valence electrons. The van der Waals surface area contributed by atoms with Crippen molar-refractivity contribution in [3.8, 4) is 5.75 Å². The van der Waals surface area contributed by atoms with E-state index >= 15 is 0 Å². The lowest BCUT2D eigenvalue weighted by molar-refractivity contribution is -0.127. The number of nitrogens with one attached hydrogen (secondary N) is 1. The standard InChI is InChI=1S/C26H23N3O3S/c1-2-15-32-21-11-8-19(9-12-21)10-13-24(30)29(17-20-6-4-3-5-7-20)18-23-27-22-14-16-33-25(22)26(31)28-23/h2-14,16H,1,15,17-18H2,(H,27,28,31)/b13-10+. The number of rotatable bonds is 9. The number of amides is 1. The third kappa shape index (κ3) is 5.84. The second-order valence-electron chi connectivity index (χ2n) is 7.33. The first kappa shape index (κ1) is 22.2. The second-order valence-corrected chi connectivity index (χ2v) is 8.25. The molecule has 6 nitrogen and oxygen atoms in total. The Hall–Kier alpha value is -3.97. The topological polar surface area (TPSA) is 75.3 Å². The van der Waals surface area contributed by atoms with Gasteiger partial charge in [0.05, 0.1) is 12.1 Å². The Morgan fingerprint density at radius 3 is 2.64 bits per heavy atom. The Labute approximate surface area is 195 Å². The van der Waals surface area contributed by atoms with Crippen LogP contribution in [0.5, 0.6) is 5.75 Å². The molecule has 2 heterocycles. The number of aromatic amines is 1. The Bertz CT molecular complexity index is 1320. The van der Waals surface area contributed by atoms with Gasteiger partial charge < -0.3 is 14.6 Å². The first-order valence-electron chi connectivity index (χ1n) is 10.4. The number of hydrogen-bond donors (Lipinski definition) is 1. The summed E-state index contributed by atoms with van der Waals surface area (Å²) < 4.78 is 6.07. The van der Waals surface area contributed by atoms with Crippen LogP contribution in [0.2, 0.25) is 0 Å². The molecule has 2 aromatic carbocycles. The second kappa shape index (κ2) is 10.6. The average Bonchev–Trinajstić information content (AvgIpc) is 3.31. The number of fused-ring (bicyclic) bond motifs is 1. The molecule has 0 saturated carbocycles. The van der Waals surface area contributed by atoms with Crippen molar-refractivity contribution >= 4 is 33.5 Å². The van der Waals surface area contributed by atoms with Crippen LogP contribution in [0.25, 0.3) is 16.3 Å². The molecule has 0 aliphatic heterocycles. The SMILES string of the molecule is C=CCOc1ccc(/C=C/C(=O)N(Cc2ccccc2)Cc2nc3ccsc3c(=O)[nH]2)cc1. The first-order chi connectivity index (χ1) is 16.1. The maximum atomic E-state index is 13.1. The van der Waals surface area contributed by atoms with Crippen LogP contribution in [0, 0.1) is 0 Å². The van der Waals surface area contributed by atoms with E-state index in [2.05, 4.69) is 16.5 Å². The van der Waals surface area contributed by atoms with Gasteiger partial charge in [0.15, 0.2) is 0 Å². The van der Waals surface area contributed by atoms with Crippen LogP contribution in [0.3, 0.4) is 0 Å². The molecule has 4 aromatic rings. The Balaban J connectivity index is 1.54. The minimum Gasteiger partial charge on any atom is -0.490 e. The van der Waals surface area contributed by atoms with E-state index in [0.29, 0.717) is 29.2 Å². The largest absolute Gasteiger partial charge is 0.490 e. The van der Waals surface area contributed by atoms with E-state index in [9.17, 15) is 9.59 Å². The van der Waals surface area contributed by atoms with Crippen LogP contribution in [-0.4, -0.2) is 27.4 Å². The fourth-order valence-corrected chi connectivity index (χ4v) is 4.02. The van der Waals surface area contributed by atoms with Gasteiger partial charge in [0, 0.05) is 12.6 Å². The van der Waals surface area contributed by atoms with Crippen molar-refractivity contribution in [2.75, 3.05) is 6.61 Å². The van der Waals surface area contributed by atoms with Gasteiger partial charge in [0.25, 0.3) is 5.56 Å². The van der Waals surface area contributed by atoms with Crippen molar-refractivity contribution in [2.45, 2.75) is 13.1 Å². The number of thiophene rings is 1. The van der Waals surface area contributed by atoms with Gasteiger partial charge in [-0.1, -0.05) is 55.1 Å². The summed E-state index contributed by atoms with van der Waals surface area (Å²) in [6.45, 7) is 4.65. The fourth-order valence-electron chi connectivity index (χ4n) is 3.30. The molecule has 0 aliphatic carbocycles. The van der Waals surface area contributed by atoms with Gasteiger partial charge in [-0.2, -0.15) is 0 Å². The van der Waals surface area contributed by atoms with Crippen LogP contribution in [0.15, 0.2) is 89.6 Å². The number of aromatic nitrogens is 2. The van der Waals surface area contributed by atoms with Crippen LogP contribution in [0.1, 0.15) is 17.0 Å². The smallest absolute Gasteiger partial charge is 0.268 e. The Morgan fingerprint density at radius 2 is 1.88 bits per heavy atom. The average molecular weight is 458 g/mol. The minimum absolute atomic E-state index is 0.182. The third-order valence-electron chi connectivity index (χ3n) is 4.90. The number of benzene rings is 2. The monoisotopic (exact) mass is 457 g/mol. The van der Waals surface area contributed by atoms with Gasteiger partial charge in [0.2, 0.25) is 5.91 Å².